The molecule has 4 heteroatoms. The molecule has 2 atom stereocenters. The summed E-state index contributed by atoms with van der Waals surface area (Å²) >= 11 is 0. The molecule has 0 aromatic rings. The molecule has 236 valence electrons. The Morgan fingerprint density at radius 1 is 0.595 bits per heavy atom. The summed E-state index contributed by atoms with van der Waals surface area (Å²) in [6, 6.07) is -0.703. The summed E-state index contributed by atoms with van der Waals surface area (Å²) in [5, 5.41) is 22.7. The van der Waals surface area contributed by atoms with Gasteiger partial charge in [0.15, 0.2) is 0 Å². The minimum Gasteiger partial charge on any atom is -0.394 e. The second-order valence-corrected chi connectivity index (χ2v) is 10.5. The zero-order valence-electron chi connectivity index (χ0n) is 26.7. The van der Waals surface area contributed by atoms with Gasteiger partial charge in [0.1, 0.15) is 0 Å². The zero-order chi connectivity index (χ0) is 30.8. The summed E-state index contributed by atoms with van der Waals surface area (Å²) in [5.41, 5.74) is 0. The molecule has 0 aromatic heterocycles. The third-order valence-corrected chi connectivity index (χ3v) is 6.56. The topological polar surface area (TPSA) is 69.6 Å². The standard InChI is InChI=1S/C38H61NO3/c1-3-5-7-9-11-13-15-17-19-21-23-25-27-29-31-33-37(41)36(35-40)39-38(42)34-32-30-28-26-24-22-20-18-16-14-12-10-8-6-4-2/h6,8,12,14-15,17-18,20,23-26,30-33,36-37,40-41H,3-5,7,9-11,13,16,19,21-22,27-29,34-35H2,1-2H3,(H,39,42)/b8-6-,14-12-,17-15+,20-18-,25-23+,26-24-,32-30-,33-31+. The van der Waals surface area contributed by atoms with Crippen LogP contribution in [0.1, 0.15) is 117 Å². The van der Waals surface area contributed by atoms with Crippen molar-refractivity contribution in [1.82, 2.24) is 5.32 Å². The highest BCUT2D eigenvalue weighted by molar-refractivity contribution is 5.77. The fourth-order valence-corrected chi connectivity index (χ4v) is 4.04. The van der Waals surface area contributed by atoms with Crippen LogP contribution in [-0.2, 0) is 4.79 Å². The molecule has 0 rings (SSSR count). The maximum atomic E-state index is 12.2. The number of aliphatic hydroxyl groups excluding tert-OH is 2. The van der Waals surface area contributed by atoms with Crippen LogP contribution in [-0.4, -0.2) is 34.9 Å². The molecule has 3 N–H and O–H groups in total. The molecule has 0 aliphatic heterocycles. The molecule has 0 saturated carbocycles. The van der Waals surface area contributed by atoms with E-state index in [0.29, 0.717) is 0 Å². The van der Waals surface area contributed by atoms with Crippen molar-refractivity contribution >= 4 is 5.91 Å². The number of hydrogen-bond donors (Lipinski definition) is 3. The van der Waals surface area contributed by atoms with E-state index in [1.165, 1.54) is 38.5 Å². The first-order chi connectivity index (χ1) is 20.7. The van der Waals surface area contributed by atoms with Gasteiger partial charge in [-0.1, -0.05) is 137 Å². The van der Waals surface area contributed by atoms with Gasteiger partial charge in [-0.15, -0.1) is 0 Å². The van der Waals surface area contributed by atoms with Gasteiger partial charge in [-0.05, 0) is 70.6 Å². The normalized spacial score (nSPS) is 14.5. The molecule has 2 unspecified atom stereocenters. The summed E-state index contributed by atoms with van der Waals surface area (Å²) < 4.78 is 0. The number of carbonyl (C=O) groups excluding carboxylic acids is 1. The van der Waals surface area contributed by atoms with E-state index in [4.69, 9.17) is 0 Å². The average Bonchev–Trinajstić information content (AvgIpc) is 2.99. The molecule has 42 heavy (non-hydrogen) atoms. The number of aliphatic hydroxyl groups is 2. The van der Waals surface area contributed by atoms with Crippen LogP contribution in [0.2, 0.25) is 0 Å². The highest BCUT2D eigenvalue weighted by Crippen LogP contribution is 2.06. The molecule has 0 saturated heterocycles. The third-order valence-electron chi connectivity index (χ3n) is 6.56. The molecule has 0 aliphatic carbocycles. The molecular weight excluding hydrogens is 518 g/mol. The molecule has 0 aromatic carbocycles. The van der Waals surface area contributed by atoms with Gasteiger partial charge >= 0.3 is 0 Å². The number of rotatable bonds is 27. The Balaban J connectivity index is 3.96. The van der Waals surface area contributed by atoms with Crippen LogP contribution in [0.5, 0.6) is 0 Å². The van der Waals surface area contributed by atoms with Crippen molar-refractivity contribution in [2.45, 2.75) is 129 Å². The number of hydrogen-bond acceptors (Lipinski definition) is 3. The van der Waals surface area contributed by atoms with Gasteiger partial charge in [-0.25, -0.2) is 0 Å². The van der Waals surface area contributed by atoms with Crippen molar-refractivity contribution in [2.24, 2.45) is 0 Å². The van der Waals surface area contributed by atoms with Crippen LogP contribution >= 0.6 is 0 Å². The lowest BCUT2D eigenvalue weighted by molar-refractivity contribution is -0.122. The Bertz CT molecular complexity index is 844. The van der Waals surface area contributed by atoms with Crippen LogP contribution < -0.4 is 5.32 Å². The van der Waals surface area contributed by atoms with Crippen molar-refractivity contribution < 1.29 is 15.0 Å². The lowest BCUT2D eigenvalue weighted by atomic mass is 10.1. The fourth-order valence-electron chi connectivity index (χ4n) is 4.04. The van der Waals surface area contributed by atoms with Crippen LogP contribution in [0.15, 0.2) is 97.2 Å². The molecule has 4 nitrogen and oxygen atoms in total. The maximum Gasteiger partial charge on any atom is 0.224 e. The predicted octanol–water partition coefficient (Wildman–Crippen LogP) is 9.56. The van der Waals surface area contributed by atoms with E-state index in [1.54, 1.807) is 6.08 Å². The lowest BCUT2D eigenvalue weighted by Crippen LogP contribution is -2.44. The number of unbranched alkanes of at least 4 members (excludes halogenated alkanes) is 7. The van der Waals surface area contributed by atoms with Crippen molar-refractivity contribution in [3.63, 3.8) is 0 Å². The Kier molecular flexibility index (Phi) is 30.7. The van der Waals surface area contributed by atoms with Gasteiger partial charge < -0.3 is 15.5 Å². The lowest BCUT2D eigenvalue weighted by Gasteiger charge is -2.19. The van der Waals surface area contributed by atoms with E-state index in [9.17, 15) is 15.0 Å². The summed E-state index contributed by atoms with van der Waals surface area (Å²) in [4.78, 5) is 12.2. The summed E-state index contributed by atoms with van der Waals surface area (Å²) in [6.45, 7) is 4.08. The molecular formula is C38H61NO3. The molecule has 0 bridgehead atoms. The van der Waals surface area contributed by atoms with Crippen LogP contribution in [0, 0.1) is 0 Å². The molecule has 1 amide bonds. The Labute approximate surface area is 258 Å². The fraction of sp³-hybridized carbons (Fsp3) is 0.553. The molecule has 0 radical (unpaired) electrons. The molecule has 0 fully saturated rings. The van der Waals surface area contributed by atoms with Gasteiger partial charge in [0, 0.05) is 6.42 Å². The summed E-state index contributed by atoms with van der Waals surface area (Å²) in [7, 11) is 0. The van der Waals surface area contributed by atoms with E-state index in [1.807, 2.05) is 18.2 Å². The van der Waals surface area contributed by atoms with Gasteiger partial charge in [-0.2, -0.15) is 0 Å². The Morgan fingerprint density at radius 2 is 1.07 bits per heavy atom. The number of carbonyl (C=O) groups is 1. The second kappa shape index (κ2) is 32.8. The van der Waals surface area contributed by atoms with Crippen LogP contribution in [0.4, 0.5) is 0 Å². The van der Waals surface area contributed by atoms with E-state index in [2.05, 4.69) is 92.1 Å². The van der Waals surface area contributed by atoms with Crippen LogP contribution in [0.25, 0.3) is 0 Å². The summed E-state index contributed by atoms with van der Waals surface area (Å²) in [5.74, 6) is -0.212. The minimum atomic E-state index is -0.914. The van der Waals surface area contributed by atoms with Crippen molar-refractivity contribution in [2.75, 3.05) is 6.61 Å². The van der Waals surface area contributed by atoms with E-state index in [0.717, 1.165) is 57.8 Å². The average molecular weight is 580 g/mol. The van der Waals surface area contributed by atoms with Gasteiger partial charge in [-0.3, -0.25) is 4.79 Å². The molecule has 0 heterocycles. The van der Waals surface area contributed by atoms with Crippen molar-refractivity contribution in [3.05, 3.63) is 97.2 Å². The third kappa shape index (κ3) is 28.8. The van der Waals surface area contributed by atoms with Crippen molar-refractivity contribution in [1.29, 1.82) is 0 Å². The number of nitrogens with one attached hydrogen (secondary N) is 1. The van der Waals surface area contributed by atoms with Crippen molar-refractivity contribution in [3.8, 4) is 0 Å². The van der Waals surface area contributed by atoms with Gasteiger partial charge in [0.05, 0.1) is 18.8 Å². The van der Waals surface area contributed by atoms with Gasteiger partial charge in [0.25, 0.3) is 0 Å². The quantitative estimate of drug-likeness (QED) is 0.0670. The maximum absolute atomic E-state index is 12.2. The zero-order valence-corrected chi connectivity index (χ0v) is 26.7. The molecule has 0 aliphatic rings. The Morgan fingerprint density at radius 3 is 1.60 bits per heavy atom. The second-order valence-electron chi connectivity index (χ2n) is 10.5. The smallest absolute Gasteiger partial charge is 0.224 e. The van der Waals surface area contributed by atoms with Gasteiger partial charge in [0.2, 0.25) is 5.91 Å². The monoisotopic (exact) mass is 579 g/mol. The largest absolute Gasteiger partial charge is 0.394 e. The van der Waals surface area contributed by atoms with Crippen LogP contribution in [0.3, 0.4) is 0 Å². The van der Waals surface area contributed by atoms with E-state index >= 15 is 0 Å². The summed E-state index contributed by atoms with van der Waals surface area (Å²) in [6.07, 6.45) is 49.3. The first-order valence-corrected chi connectivity index (χ1v) is 16.5. The Hall–Kier alpha value is -2.69. The van der Waals surface area contributed by atoms with E-state index in [-0.39, 0.29) is 18.9 Å². The minimum absolute atomic E-state index is 0.212. The highest BCUT2D eigenvalue weighted by Gasteiger charge is 2.17. The predicted molar refractivity (Wildman–Crippen MR) is 183 cm³/mol. The van der Waals surface area contributed by atoms with E-state index < -0.39 is 12.1 Å². The number of allylic oxidation sites excluding steroid dienone is 14. The number of amides is 1. The SMILES string of the molecule is CC/C=C\C/C=C\C/C=C\C/C=C\C/C=C\CC(=O)NC(CO)C(O)/C=C/CC/C=C/CC/C=C/CCCCCCC. The first-order valence-electron chi connectivity index (χ1n) is 16.5. The first kappa shape index (κ1) is 39.3. The molecule has 0 spiro atoms. The highest BCUT2D eigenvalue weighted by atomic mass is 16.3.